The number of amides is 2. The highest BCUT2D eigenvalue weighted by Crippen LogP contribution is 2.29. The molecule has 3 heterocycles. The first-order valence-electron chi connectivity index (χ1n) is 8.26. The second kappa shape index (κ2) is 6.87. The summed E-state index contributed by atoms with van der Waals surface area (Å²) in [5, 5.41) is 9.84. The predicted octanol–water partition coefficient (Wildman–Crippen LogP) is 1.87. The van der Waals surface area contributed by atoms with Crippen LogP contribution in [0.2, 0.25) is 0 Å². The molecule has 4 rings (SSSR count). The molecular formula is C18H16N6O3. The number of rotatable bonds is 4. The van der Waals surface area contributed by atoms with E-state index >= 15 is 0 Å². The van der Waals surface area contributed by atoms with Gasteiger partial charge >= 0.3 is 0 Å². The van der Waals surface area contributed by atoms with Crippen molar-refractivity contribution in [2.24, 2.45) is 0 Å². The number of nitrogens with zero attached hydrogens (tertiary/aromatic N) is 4. The summed E-state index contributed by atoms with van der Waals surface area (Å²) in [5.74, 6) is 0.465. The van der Waals surface area contributed by atoms with Gasteiger partial charge in [-0.2, -0.15) is 4.98 Å². The van der Waals surface area contributed by atoms with Crippen molar-refractivity contribution in [3.8, 4) is 17.1 Å². The van der Waals surface area contributed by atoms with Gasteiger partial charge in [-0.3, -0.25) is 19.9 Å². The zero-order valence-electron chi connectivity index (χ0n) is 14.4. The van der Waals surface area contributed by atoms with Gasteiger partial charge in [-0.25, -0.2) is 4.68 Å². The highest BCUT2D eigenvalue weighted by molar-refractivity contribution is 6.01. The lowest BCUT2D eigenvalue weighted by Crippen LogP contribution is -2.36. The smallest absolute Gasteiger partial charge is 0.250 e. The van der Waals surface area contributed by atoms with Crippen LogP contribution in [0, 0.1) is 0 Å². The van der Waals surface area contributed by atoms with Gasteiger partial charge in [-0.15, -0.1) is 5.10 Å². The van der Waals surface area contributed by atoms with Gasteiger partial charge in [0.05, 0.1) is 19.2 Å². The van der Waals surface area contributed by atoms with E-state index in [4.69, 9.17) is 4.74 Å². The molecule has 2 N–H and O–H groups in total. The highest BCUT2D eigenvalue weighted by Gasteiger charge is 2.33. The number of nitrogens with one attached hydrogen (secondary N) is 2. The molecule has 1 unspecified atom stereocenters. The van der Waals surface area contributed by atoms with E-state index in [2.05, 4.69) is 25.7 Å². The first kappa shape index (κ1) is 16.7. The van der Waals surface area contributed by atoms with Crippen LogP contribution in [0.5, 0.6) is 5.75 Å². The second-order valence-electron chi connectivity index (χ2n) is 5.90. The van der Waals surface area contributed by atoms with Crippen molar-refractivity contribution >= 4 is 23.5 Å². The standard InChI is InChI=1S/C18H16N6O3/c1-27-14-7-3-2-6-12(14)20-17(26)13-9-15(25)21-18-22-16(23-24(13)18)11-5-4-8-19-10-11/h2-8,10,13H,9H2,1H3,(H,20,26)(H,21,22,23,25). The van der Waals surface area contributed by atoms with Gasteiger partial charge in [0.2, 0.25) is 17.8 Å². The number of ether oxygens (including phenoxy) is 1. The number of para-hydroxylation sites is 2. The summed E-state index contributed by atoms with van der Waals surface area (Å²) in [6.07, 6.45) is 3.22. The fourth-order valence-electron chi connectivity index (χ4n) is 2.85. The molecule has 0 radical (unpaired) electrons. The number of methoxy groups -OCH3 is 1. The molecule has 1 aromatic carbocycles. The number of aromatic nitrogens is 4. The Hall–Kier alpha value is -3.75. The van der Waals surface area contributed by atoms with Crippen LogP contribution in [0.15, 0.2) is 48.8 Å². The van der Waals surface area contributed by atoms with Crippen molar-refractivity contribution in [2.75, 3.05) is 17.7 Å². The molecule has 3 aromatic rings. The summed E-state index contributed by atoms with van der Waals surface area (Å²) in [6.45, 7) is 0. The van der Waals surface area contributed by atoms with Crippen LogP contribution in [-0.2, 0) is 9.59 Å². The average Bonchev–Trinajstić information content (AvgIpc) is 3.12. The van der Waals surface area contributed by atoms with Crippen LogP contribution < -0.4 is 15.4 Å². The molecule has 1 atom stereocenters. The third-order valence-corrected chi connectivity index (χ3v) is 4.14. The normalized spacial score (nSPS) is 15.6. The largest absolute Gasteiger partial charge is 0.495 e. The minimum atomic E-state index is -0.823. The zero-order chi connectivity index (χ0) is 18.8. The zero-order valence-corrected chi connectivity index (χ0v) is 14.4. The number of hydrogen-bond donors (Lipinski definition) is 2. The topological polar surface area (TPSA) is 111 Å². The summed E-state index contributed by atoms with van der Waals surface area (Å²) in [6, 6.07) is 9.80. The molecule has 0 saturated carbocycles. The number of pyridine rings is 1. The van der Waals surface area contributed by atoms with Crippen LogP contribution in [-0.4, -0.2) is 38.7 Å². The van der Waals surface area contributed by atoms with E-state index in [-0.39, 0.29) is 24.2 Å². The first-order chi connectivity index (χ1) is 13.2. The fourth-order valence-corrected chi connectivity index (χ4v) is 2.85. The number of benzene rings is 1. The van der Waals surface area contributed by atoms with Gasteiger partial charge in [0.25, 0.3) is 0 Å². The van der Waals surface area contributed by atoms with E-state index in [9.17, 15) is 9.59 Å². The quantitative estimate of drug-likeness (QED) is 0.731. The lowest BCUT2D eigenvalue weighted by Gasteiger charge is -2.22. The Bertz CT molecular complexity index is 1000. The van der Waals surface area contributed by atoms with E-state index in [0.29, 0.717) is 22.8 Å². The lowest BCUT2D eigenvalue weighted by atomic mass is 10.1. The Morgan fingerprint density at radius 2 is 2.15 bits per heavy atom. The van der Waals surface area contributed by atoms with Crippen molar-refractivity contribution < 1.29 is 14.3 Å². The van der Waals surface area contributed by atoms with E-state index in [0.717, 1.165) is 0 Å². The lowest BCUT2D eigenvalue weighted by molar-refractivity contribution is -0.125. The van der Waals surface area contributed by atoms with Crippen molar-refractivity contribution in [2.45, 2.75) is 12.5 Å². The molecule has 0 fully saturated rings. The highest BCUT2D eigenvalue weighted by atomic mass is 16.5. The van der Waals surface area contributed by atoms with Crippen molar-refractivity contribution in [1.29, 1.82) is 0 Å². The van der Waals surface area contributed by atoms with Gasteiger partial charge in [0, 0.05) is 18.0 Å². The summed E-state index contributed by atoms with van der Waals surface area (Å²) < 4.78 is 6.68. The Morgan fingerprint density at radius 3 is 2.93 bits per heavy atom. The van der Waals surface area contributed by atoms with Crippen LogP contribution in [0.4, 0.5) is 11.6 Å². The summed E-state index contributed by atoms with van der Waals surface area (Å²) in [7, 11) is 1.52. The van der Waals surface area contributed by atoms with Crippen LogP contribution >= 0.6 is 0 Å². The summed E-state index contributed by atoms with van der Waals surface area (Å²) >= 11 is 0. The molecule has 1 aliphatic heterocycles. The maximum absolute atomic E-state index is 12.8. The van der Waals surface area contributed by atoms with Gasteiger partial charge in [-0.05, 0) is 24.3 Å². The Morgan fingerprint density at radius 1 is 1.30 bits per heavy atom. The molecule has 2 amide bonds. The summed E-state index contributed by atoms with van der Waals surface area (Å²) in [5.41, 5.74) is 1.21. The van der Waals surface area contributed by atoms with E-state index in [1.165, 1.54) is 11.8 Å². The fraction of sp³-hybridized carbons (Fsp3) is 0.167. The summed E-state index contributed by atoms with van der Waals surface area (Å²) in [4.78, 5) is 33.3. The van der Waals surface area contributed by atoms with Gasteiger partial charge in [-0.1, -0.05) is 12.1 Å². The van der Waals surface area contributed by atoms with Crippen LogP contribution in [0.3, 0.4) is 0 Å². The molecule has 0 spiro atoms. The molecule has 2 aromatic heterocycles. The van der Waals surface area contributed by atoms with Gasteiger partial charge in [0.1, 0.15) is 11.8 Å². The van der Waals surface area contributed by atoms with E-state index in [1.807, 2.05) is 0 Å². The molecule has 136 valence electrons. The third kappa shape index (κ3) is 3.22. The minimum absolute atomic E-state index is 0.0379. The van der Waals surface area contributed by atoms with E-state index < -0.39 is 6.04 Å². The minimum Gasteiger partial charge on any atom is -0.495 e. The monoisotopic (exact) mass is 364 g/mol. The molecule has 27 heavy (non-hydrogen) atoms. The molecule has 0 saturated heterocycles. The molecule has 9 heteroatoms. The number of anilines is 2. The van der Waals surface area contributed by atoms with Gasteiger partial charge in [0.15, 0.2) is 5.82 Å². The van der Waals surface area contributed by atoms with Crippen molar-refractivity contribution in [3.63, 3.8) is 0 Å². The molecule has 1 aliphatic rings. The Kier molecular flexibility index (Phi) is 4.25. The van der Waals surface area contributed by atoms with Crippen LogP contribution in [0.25, 0.3) is 11.4 Å². The maximum Gasteiger partial charge on any atom is 0.250 e. The first-order valence-corrected chi connectivity index (χ1v) is 8.26. The molecule has 0 bridgehead atoms. The SMILES string of the molecule is COc1ccccc1NC(=O)C1CC(=O)Nc2nc(-c3cccnc3)nn21. The molecular weight excluding hydrogens is 348 g/mol. The third-order valence-electron chi connectivity index (χ3n) is 4.14. The Labute approximate surface area is 154 Å². The predicted molar refractivity (Wildman–Crippen MR) is 97.2 cm³/mol. The van der Waals surface area contributed by atoms with Gasteiger partial charge < -0.3 is 10.1 Å². The maximum atomic E-state index is 12.8. The molecule has 0 aliphatic carbocycles. The van der Waals surface area contributed by atoms with Crippen LogP contribution in [0.1, 0.15) is 12.5 Å². The average molecular weight is 364 g/mol. The van der Waals surface area contributed by atoms with Crippen molar-refractivity contribution in [3.05, 3.63) is 48.8 Å². The van der Waals surface area contributed by atoms with Crippen molar-refractivity contribution in [1.82, 2.24) is 19.7 Å². The second-order valence-corrected chi connectivity index (χ2v) is 5.90. The Balaban J connectivity index is 1.65. The van der Waals surface area contributed by atoms with E-state index in [1.54, 1.807) is 48.8 Å². The number of fused-ring (bicyclic) bond motifs is 1. The number of carbonyl (C=O) groups excluding carboxylic acids is 2. The number of hydrogen-bond acceptors (Lipinski definition) is 6. The number of carbonyl (C=O) groups is 2. The molecule has 9 nitrogen and oxygen atoms in total.